The summed E-state index contributed by atoms with van der Waals surface area (Å²) in [5, 5.41) is 0. The van der Waals surface area contributed by atoms with Crippen LogP contribution < -0.4 is 0 Å². The smallest absolute Gasteiger partial charge is 0.257 e. The van der Waals surface area contributed by atoms with Crippen LogP contribution in [0.5, 0.6) is 0 Å². The molecule has 3 rings (SSSR count). The van der Waals surface area contributed by atoms with Crippen LogP contribution in [0.3, 0.4) is 0 Å². The molecule has 0 aliphatic rings. The number of carbonyl (C=O) groups excluding carboxylic acids is 2. The fourth-order valence-corrected chi connectivity index (χ4v) is 3.62. The summed E-state index contributed by atoms with van der Waals surface area (Å²) in [5.74, 6) is -1.10. The molecule has 0 radical (unpaired) electrons. The van der Waals surface area contributed by atoms with E-state index in [0.717, 1.165) is 11.3 Å². The normalized spacial score (nSPS) is 10.9. The molecule has 1 aromatic heterocycles. The predicted molar refractivity (Wildman–Crippen MR) is 123 cm³/mol. The second kappa shape index (κ2) is 10.8. The Labute approximate surface area is 189 Å². The first-order chi connectivity index (χ1) is 15.3. The number of aromatic nitrogens is 1. The molecule has 0 atom stereocenters. The fraction of sp³-hybridized carbons (Fsp3) is 0.308. The third kappa shape index (κ3) is 6.06. The lowest BCUT2D eigenvalue weighted by Crippen LogP contribution is -2.44. The van der Waals surface area contributed by atoms with E-state index < -0.39 is 11.7 Å². The van der Waals surface area contributed by atoms with E-state index in [2.05, 4.69) is 0 Å². The molecule has 6 heteroatoms. The zero-order valence-corrected chi connectivity index (χ0v) is 18.9. The Kier molecular flexibility index (Phi) is 7.82. The van der Waals surface area contributed by atoms with Gasteiger partial charge in [-0.25, -0.2) is 4.39 Å². The number of carbonyl (C=O) groups is 2. The Hall–Kier alpha value is -3.41. The molecule has 1 heterocycles. The maximum Gasteiger partial charge on any atom is 0.257 e. The molecule has 3 aromatic rings. The number of hydrogen-bond acceptors (Lipinski definition) is 2. The summed E-state index contributed by atoms with van der Waals surface area (Å²) in [6.07, 6.45) is 1.94. The van der Waals surface area contributed by atoms with Crippen LogP contribution in [0.4, 0.5) is 4.39 Å². The Bertz CT molecular complexity index is 1050. The van der Waals surface area contributed by atoms with Crippen molar-refractivity contribution in [3.8, 4) is 0 Å². The van der Waals surface area contributed by atoms with Gasteiger partial charge in [0.15, 0.2) is 0 Å². The van der Waals surface area contributed by atoms with Crippen LogP contribution in [0.2, 0.25) is 0 Å². The van der Waals surface area contributed by atoms with Gasteiger partial charge in [-0.2, -0.15) is 0 Å². The van der Waals surface area contributed by atoms with E-state index in [9.17, 15) is 14.0 Å². The topological polar surface area (TPSA) is 45.6 Å². The van der Waals surface area contributed by atoms with Gasteiger partial charge in [0.05, 0.1) is 12.1 Å². The second-order valence-corrected chi connectivity index (χ2v) is 8.41. The lowest BCUT2D eigenvalue weighted by Gasteiger charge is -2.29. The van der Waals surface area contributed by atoms with Gasteiger partial charge in [-0.15, -0.1) is 0 Å². The van der Waals surface area contributed by atoms with Crippen LogP contribution >= 0.6 is 0 Å². The van der Waals surface area contributed by atoms with Gasteiger partial charge in [0, 0.05) is 32.0 Å². The minimum atomic E-state index is -0.580. The summed E-state index contributed by atoms with van der Waals surface area (Å²) >= 11 is 0. The average Bonchev–Trinajstić information content (AvgIpc) is 3.17. The number of nitrogens with zero attached hydrogens (tertiary/aromatic N) is 3. The van der Waals surface area contributed by atoms with E-state index >= 15 is 0 Å². The molecule has 0 N–H and O–H groups in total. The minimum absolute atomic E-state index is 0.0157. The summed E-state index contributed by atoms with van der Waals surface area (Å²) in [7, 11) is 1.94. The highest BCUT2D eigenvalue weighted by Crippen LogP contribution is 2.15. The van der Waals surface area contributed by atoms with Crippen LogP contribution in [-0.4, -0.2) is 39.3 Å². The van der Waals surface area contributed by atoms with Gasteiger partial charge in [-0.3, -0.25) is 9.59 Å². The van der Waals surface area contributed by atoms with Crippen molar-refractivity contribution >= 4 is 11.8 Å². The third-order valence-corrected chi connectivity index (χ3v) is 5.28. The number of amides is 2. The first kappa shape index (κ1) is 23.3. The highest BCUT2D eigenvalue weighted by molar-refractivity contribution is 5.96. The molecule has 0 unspecified atom stereocenters. The van der Waals surface area contributed by atoms with Crippen LogP contribution in [0.25, 0.3) is 0 Å². The van der Waals surface area contributed by atoms with Gasteiger partial charge in [0.25, 0.3) is 5.91 Å². The predicted octanol–water partition coefficient (Wildman–Crippen LogP) is 4.49. The van der Waals surface area contributed by atoms with E-state index in [1.807, 2.05) is 74.1 Å². The Morgan fingerprint density at radius 2 is 1.59 bits per heavy atom. The van der Waals surface area contributed by atoms with Crippen molar-refractivity contribution in [1.29, 1.82) is 0 Å². The van der Waals surface area contributed by atoms with Crippen molar-refractivity contribution in [1.82, 2.24) is 14.4 Å². The molecule has 2 aromatic carbocycles. The van der Waals surface area contributed by atoms with Gasteiger partial charge in [-0.1, -0.05) is 56.3 Å². The number of benzene rings is 2. The standard InChI is InChI=1S/C26H30FN3O2/c1-20(2)16-30(26(32)23-13-7-8-14-24(23)27)19-25(31)29(17-21-10-5-4-6-11-21)18-22-12-9-15-28(22)3/h4-15,20H,16-19H2,1-3H3. The van der Waals surface area contributed by atoms with Gasteiger partial charge < -0.3 is 14.4 Å². The molecule has 0 saturated carbocycles. The molecular formula is C26H30FN3O2. The zero-order valence-electron chi connectivity index (χ0n) is 18.9. The highest BCUT2D eigenvalue weighted by Gasteiger charge is 2.25. The quantitative estimate of drug-likeness (QED) is 0.497. The molecular weight excluding hydrogens is 405 g/mol. The van der Waals surface area contributed by atoms with Gasteiger partial charge in [0.1, 0.15) is 12.4 Å². The first-order valence-electron chi connectivity index (χ1n) is 10.8. The van der Waals surface area contributed by atoms with E-state index in [4.69, 9.17) is 0 Å². The van der Waals surface area contributed by atoms with Gasteiger partial charge in [-0.05, 0) is 35.7 Å². The largest absolute Gasteiger partial charge is 0.353 e. The Balaban J connectivity index is 1.84. The number of halogens is 1. The van der Waals surface area contributed by atoms with Crippen LogP contribution in [0.1, 0.15) is 35.5 Å². The highest BCUT2D eigenvalue weighted by atomic mass is 19.1. The van der Waals surface area contributed by atoms with E-state index in [0.29, 0.717) is 19.6 Å². The molecule has 0 fully saturated rings. The number of aryl methyl sites for hydroxylation is 1. The summed E-state index contributed by atoms with van der Waals surface area (Å²) in [6.45, 7) is 5.04. The number of rotatable bonds is 9. The summed E-state index contributed by atoms with van der Waals surface area (Å²) in [5.41, 5.74) is 1.98. The van der Waals surface area contributed by atoms with E-state index in [1.165, 1.54) is 17.0 Å². The zero-order chi connectivity index (χ0) is 23.1. The van der Waals surface area contributed by atoms with Gasteiger partial charge >= 0.3 is 0 Å². The molecule has 0 aliphatic carbocycles. The van der Waals surface area contributed by atoms with Gasteiger partial charge in [0.2, 0.25) is 5.91 Å². The fourth-order valence-electron chi connectivity index (χ4n) is 3.62. The molecule has 0 spiro atoms. The molecule has 0 saturated heterocycles. The molecule has 168 valence electrons. The molecule has 0 aliphatic heterocycles. The van der Waals surface area contributed by atoms with Crippen molar-refractivity contribution in [2.45, 2.75) is 26.9 Å². The summed E-state index contributed by atoms with van der Waals surface area (Å²) < 4.78 is 16.2. The Morgan fingerprint density at radius 3 is 2.22 bits per heavy atom. The first-order valence-corrected chi connectivity index (χ1v) is 10.8. The molecule has 32 heavy (non-hydrogen) atoms. The van der Waals surface area contributed by atoms with E-state index in [1.54, 1.807) is 17.0 Å². The molecule has 0 bridgehead atoms. The summed E-state index contributed by atoms with van der Waals surface area (Å²) in [6, 6.07) is 19.6. The van der Waals surface area contributed by atoms with Crippen molar-refractivity contribution < 1.29 is 14.0 Å². The van der Waals surface area contributed by atoms with Crippen molar-refractivity contribution in [3.05, 3.63) is 95.6 Å². The maximum atomic E-state index is 14.3. The van der Waals surface area contributed by atoms with Crippen LogP contribution in [0, 0.1) is 11.7 Å². The second-order valence-electron chi connectivity index (χ2n) is 8.41. The molecule has 2 amide bonds. The van der Waals surface area contributed by atoms with Crippen molar-refractivity contribution in [2.75, 3.05) is 13.1 Å². The third-order valence-electron chi connectivity index (χ3n) is 5.28. The monoisotopic (exact) mass is 435 g/mol. The van der Waals surface area contributed by atoms with E-state index in [-0.39, 0.29) is 23.9 Å². The minimum Gasteiger partial charge on any atom is -0.353 e. The molecule has 5 nitrogen and oxygen atoms in total. The van der Waals surface area contributed by atoms with Crippen molar-refractivity contribution in [2.24, 2.45) is 13.0 Å². The van der Waals surface area contributed by atoms with Crippen LogP contribution in [-0.2, 0) is 24.9 Å². The maximum absolute atomic E-state index is 14.3. The SMILES string of the molecule is CC(C)CN(CC(=O)N(Cc1ccccc1)Cc1cccn1C)C(=O)c1ccccc1F. The Morgan fingerprint density at radius 1 is 0.906 bits per heavy atom. The number of hydrogen-bond donors (Lipinski definition) is 0. The van der Waals surface area contributed by atoms with Crippen molar-refractivity contribution in [3.63, 3.8) is 0 Å². The summed E-state index contributed by atoms with van der Waals surface area (Å²) in [4.78, 5) is 29.7. The lowest BCUT2D eigenvalue weighted by atomic mass is 10.1. The van der Waals surface area contributed by atoms with Crippen LogP contribution in [0.15, 0.2) is 72.9 Å². The average molecular weight is 436 g/mol. The lowest BCUT2D eigenvalue weighted by molar-refractivity contribution is -0.133.